The lowest BCUT2D eigenvalue weighted by Gasteiger charge is -2.20. The molecule has 0 fully saturated rings. The Morgan fingerprint density at radius 1 is 1.17 bits per heavy atom. The molecule has 0 radical (unpaired) electrons. The molecule has 2 heterocycles. The Bertz CT molecular complexity index is 741. The molecule has 3 heteroatoms. The Morgan fingerprint density at radius 2 is 2.04 bits per heavy atom. The van der Waals surface area contributed by atoms with Gasteiger partial charge in [-0.2, -0.15) is 0 Å². The summed E-state index contributed by atoms with van der Waals surface area (Å²) < 4.78 is 5.58. The summed E-state index contributed by atoms with van der Waals surface area (Å²) in [4.78, 5) is 2.48. The van der Waals surface area contributed by atoms with Crippen molar-refractivity contribution in [2.24, 2.45) is 0 Å². The fraction of sp³-hybridized carbons (Fsp3) is 0.429. The van der Waals surface area contributed by atoms with Gasteiger partial charge in [0, 0.05) is 42.7 Å². The molecule has 1 N–H and O–H groups in total. The van der Waals surface area contributed by atoms with Crippen LogP contribution in [0.25, 0.3) is 0 Å². The number of fused-ring (bicyclic) bond motifs is 2. The van der Waals surface area contributed by atoms with Gasteiger partial charge in [0.2, 0.25) is 0 Å². The molecule has 2 aliphatic rings. The van der Waals surface area contributed by atoms with Crippen LogP contribution >= 0.6 is 0 Å². The third-order valence-corrected chi connectivity index (χ3v) is 5.30. The highest BCUT2D eigenvalue weighted by molar-refractivity contribution is 5.65. The first-order chi connectivity index (χ1) is 11.8. The van der Waals surface area contributed by atoms with E-state index in [1.54, 1.807) is 6.07 Å². The van der Waals surface area contributed by atoms with Gasteiger partial charge in [-0.25, -0.2) is 0 Å². The zero-order chi connectivity index (χ0) is 16.5. The maximum absolute atomic E-state index is 10.6. The SMILES string of the molecule is CCCCCN1CC(c2cc3c(cc2O)OCC3)c2ccccc21. The minimum Gasteiger partial charge on any atom is -0.508 e. The van der Waals surface area contributed by atoms with Gasteiger partial charge in [-0.15, -0.1) is 0 Å². The summed E-state index contributed by atoms with van der Waals surface area (Å²) in [5.74, 6) is 1.46. The van der Waals surface area contributed by atoms with E-state index in [-0.39, 0.29) is 5.92 Å². The highest BCUT2D eigenvalue weighted by Gasteiger charge is 2.31. The Morgan fingerprint density at radius 3 is 2.92 bits per heavy atom. The first-order valence-electron chi connectivity index (χ1n) is 9.10. The quantitative estimate of drug-likeness (QED) is 0.824. The first kappa shape index (κ1) is 15.4. The molecule has 0 aliphatic carbocycles. The summed E-state index contributed by atoms with van der Waals surface area (Å²) in [5, 5.41) is 10.6. The number of phenolic OH excluding ortho intramolecular Hbond substituents is 1. The zero-order valence-corrected chi connectivity index (χ0v) is 14.3. The fourth-order valence-electron chi connectivity index (χ4n) is 4.03. The molecule has 4 rings (SSSR count). The van der Waals surface area contributed by atoms with E-state index >= 15 is 0 Å². The zero-order valence-electron chi connectivity index (χ0n) is 14.3. The maximum atomic E-state index is 10.6. The molecule has 2 aromatic carbocycles. The normalized spacial score (nSPS) is 18.4. The van der Waals surface area contributed by atoms with Crippen molar-refractivity contribution in [3.63, 3.8) is 0 Å². The number of ether oxygens (including phenoxy) is 1. The van der Waals surface area contributed by atoms with Crippen molar-refractivity contribution >= 4 is 5.69 Å². The van der Waals surface area contributed by atoms with E-state index in [2.05, 4.69) is 42.2 Å². The Labute approximate surface area is 143 Å². The lowest BCUT2D eigenvalue weighted by molar-refractivity contribution is 0.354. The van der Waals surface area contributed by atoms with Crippen LogP contribution in [0.1, 0.15) is 48.8 Å². The molecule has 3 nitrogen and oxygen atoms in total. The largest absolute Gasteiger partial charge is 0.508 e. The van der Waals surface area contributed by atoms with E-state index in [0.717, 1.165) is 37.4 Å². The average Bonchev–Trinajstić information content (AvgIpc) is 3.19. The number of nitrogens with zero attached hydrogens (tertiary/aromatic N) is 1. The van der Waals surface area contributed by atoms with E-state index in [1.165, 1.54) is 36.1 Å². The molecule has 0 bridgehead atoms. The molecule has 2 aromatic rings. The molecule has 0 saturated carbocycles. The summed E-state index contributed by atoms with van der Waals surface area (Å²) in [6, 6.07) is 12.6. The third kappa shape index (κ3) is 2.62. The van der Waals surface area contributed by atoms with Crippen molar-refractivity contribution in [3.05, 3.63) is 53.1 Å². The second-order valence-corrected chi connectivity index (χ2v) is 6.88. The number of rotatable bonds is 5. The van der Waals surface area contributed by atoms with Gasteiger partial charge in [0.25, 0.3) is 0 Å². The lowest BCUT2D eigenvalue weighted by atomic mass is 9.91. The van der Waals surface area contributed by atoms with E-state index in [9.17, 15) is 5.11 Å². The van der Waals surface area contributed by atoms with Crippen LogP contribution in [0.3, 0.4) is 0 Å². The van der Waals surface area contributed by atoms with Crippen molar-refractivity contribution < 1.29 is 9.84 Å². The number of unbranched alkanes of at least 4 members (excludes halogenated alkanes) is 2. The molecule has 2 aliphatic heterocycles. The van der Waals surface area contributed by atoms with Gasteiger partial charge in [-0.3, -0.25) is 0 Å². The van der Waals surface area contributed by atoms with Crippen LogP contribution in [0.4, 0.5) is 5.69 Å². The number of phenols is 1. The molecule has 0 saturated heterocycles. The van der Waals surface area contributed by atoms with Crippen molar-refractivity contribution in [2.45, 2.75) is 38.5 Å². The van der Waals surface area contributed by atoms with E-state index in [4.69, 9.17) is 4.74 Å². The third-order valence-electron chi connectivity index (χ3n) is 5.30. The van der Waals surface area contributed by atoms with Crippen molar-refractivity contribution in [1.29, 1.82) is 0 Å². The summed E-state index contributed by atoms with van der Waals surface area (Å²) >= 11 is 0. The number of benzene rings is 2. The lowest BCUT2D eigenvalue weighted by Crippen LogP contribution is -2.23. The molecule has 1 unspecified atom stereocenters. The van der Waals surface area contributed by atoms with Gasteiger partial charge >= 0.3 is 0 Å². The molecule has 0 aromatic heterocycles. The second-order valence-electron chi connectivity index (χ2n) is 6.88. The highest BCUT2D eigenvalue weighted by atomic mass is 16.5. The maximum Gasteiger partial charge on any atom is 0.126 e. The van der Waals surface area contributed by atoms with E-state index in [1.807, 2.05) is 0 Å². The molecule has 24 heavy (non-hydrogen) atoms. The van der Waals surface area contributed by atoms with Crippen LogP contribution < -0.4 is 9.64 Å². The van der Waals surface area contributed by atoms with Gasteiger partial charge in [-0.1, -0.05) is 38.0 Å². The van der Waals surface area contributed by atoms with Crippen LogP contribution in [0.5, 0.6) is 11.5 Å². The Balaban J connectivity index is 1.67. The van der Waals surface area contributed by atoms with Crippen LogP contribution in [0.15, 0.2) is 36.4 Å². The number of para-hydroxylation sites is 1. The van der Waals surface area contributed by atoms with Crippen LogP contribution in [-0.2, 0) is 6.42 Å². The van der Waals surface area contributed by atoms with Gasteiger partial charge in [-0.05, 0) is 29.7 Å². The minimum atomic E-state index is 0.244. The van der Waals surface area contributed by atoms with Crippen molar-refractivity contribution in [1.82, 2.24) is 0 Å². The smallest absolute Gasteiger partial charge is 0.126 e. The Kier molecular flexibility index (Phi) is 4.09. The summed E-state index contributed by atoms with van der Waals surface area (Å²) in [5.41, 5.74) is 4.94. The van der Waals surface area contributed by atoms with E-state index in [0.29, 0.717) is 5.75 Å². The number of aromatic hydroxyl groups is 1. The van der Waals surface area contributed by atoms with Gasteiger partial charge in [0.15, 0.2) is 0 Å². The van der Waals surface area contributed by atoms with Crippen molar-refractivity contribution in [3.8, 4) is 11.5 Å². The minimum absolute atomic E-state index is 0.244. The van der Waals surface area contributed by atoms with Gasteiger partial charge in [0.1, 0.15) is 11.5 Å². The van der Waals surface area contributed by atoms with Gasteiger partial charge in [0.05, 0.1) is 6.61 Å². The van der Waals surface area contributed by atoms with Gasteiger partial charge < -0.3 is 14.7 Å². The predicted octanol–water partition coefficient (Wildman–Crippen LogP) is 4.47. The standard InChI is InChI=1S/C21H25NO2/c1-2-3-6-10-22-14-18(16-7-4-5-8-19(16)22)17-12-15-9-11-24-21(15)13-20(17)23/h4-5,7-8,12-13,18,23H,2-3,6,9-11,14H2,1H3. The molecule has 0 amide bonds. The van der Waals surface area contributed by atoms with Crippen molar-refractivity contribution in [2.75, 3.05) is 24.6 Å². The van der Waals surface area contributed by atoms with E-state index < -0.39 is 0 Å². The van der Waals surface area contributed by atoms with Crippen LogP contribution in [-0.4, -0.2) is 24.8 Å². The molecule has 1 atom stereocenters. The number of anilines is 1. The monoisotopic (exact) mass is 323 g/mol. The second kappa shape index (κ2) is 6.39. The predicted molar refractivity (Wildman–Crippen MR) is 97.3 cm³/mol. The Hall–Kier alpha value is -2.16. The summed E-state index contributed by atoms with van der Waals surface area (Å²) in [6.07, 6.45) is 4.67. The topological polar surface area (TPSA) is 32.7 Å². The summed E-state index contributed by atoms with van der Waals surface area (Å²) in [7, 11) is 0. The average molecular weight is 323 g/mol. The summed E-state index contributed by atoms with van der Waals surface area (Å²) in [6.45, 7) is 5.01. The molecule has 0 spiro atoms. The van der Waals surface area contributed by atoms with Crippen LogP contribution in [0.2, 0.25) is 0 Å². The van der Waals surface area contributed by atoms with Crippen LogP contribution in [0, 0.1) is 0 Å². The molecular weight excluding hydrogens is 298 g/mol. The number of hydrogen-bond donors (Lipinski definition) is 1. The number of hydrogen-bond acceptors (Lipinski definition) is 3. The molecular formula is C21H25NO2. The molecule has 126 valence electrons. The first-order valence-corrected chi connectivity index (χ1v) is 9.10. The fourth-order valence-corrected chi connectivity index (χ4v) is 4.03. The highest BCUT2D eigenvalue weighted by Crippen LogP contribution is 2.45.